The van der Waals surface area contributed by atoms with Gasteiger partial charge < -0.3 is 0 Å². The lowest BCUT2D eigenvalue weighted by Gasteiger charge is -2.23. The normalized spacial score (nSPS) is 13.9. The number of benzene rings is 1. The topological polar surface area (TPSA) is 21.3 Å². The summed E-state index contributed by atoms with van der Waals surface area (Å²) < 4.78 is 13.4. The minimum absolute atomic E-state index is 0.162. The van der Waals surface area contributed by atoms with Crippen LogP contribution in [0.1, 0.15) is 39.3 Å². The van der Waals surface area contributed by atoms with Gasteiger partial charge in [0, 0.05) is 5.56 Å². The maximum atomic E-state index is 13.4. The molecule has 0 aliphatic carbocycles. The van der Waals surface area contributed by atoms with E-state index in [2.05, 4.69) is 5.48 Å². The molecule has 0 heterocycles. The van der Waals surface area contributed by atoms with Crippen LogP contribution < -0.4 is 5.48 Å². The molecule has 3 heteroatoms. The molecular weight excluding hydrogens is 193 g/mol. The van der Waals surface area contributed by atoms with E-state index in [0.29, 0.717) is 5.56 Å². The highest BCUT2D eigenvalue weighted by Gasteiger charge is 2.15. The first kappa shape index (κ1) is 12.1. The Morgan fingerprint density at radius 1 is 1.27 bits per heavy atom. The Hall–Kier alpha value is -0.930. The Morgan fingerprint density at radius 3 is 2.40 bits per heavy atom. The van der Waals surface area contributed by atoms with Crippen LogP contribution in [0.4, 0.5) is 4.39 Å². The molecule has 0 bridgehead atoms. The van der Waals surface area contributed by atoms with E-state index in [0.717, 1.165) is 0 Å². The maximum absolute atomic E-state index is 13.4. The third-order valence-corrected chi connectivity index (χ3v) is 1.91. The second-order valence-corrected chi connectivity index (χ2v) is 4.58. The summed E-state index contributed by atoms with van der Waals surface area (Å²) in [4.78, 5) is 5.38. The summed E-state index contributed by atoms with van der Waals surface area (Å²) in [7, 11) is 0. The van der Waals surface area contributed by atoms with Crippen molar-refractivity contribution in [1.29, 1.82) is 0 Å². The summed E-state index contributed by atoms with van der Waals surface area (Å²) >= 11 is 0. The van der Waals surface area contributed by atoms with Gasteiger partial charge in [0.2, 0.25) is 0 Å². The van der Waals surface area contributed by atoms with Crippen LogP contribution in [0.15, 0.2) is 24.3 Å². The summed E-state index contributed by atoms with van der Waals surface area (Å²) in [6.45, 7) is 7.68. The monoisotopic (exact) mass is 211 g/mol. The lowest BCUT2D eigenvalue weighted by molar-refractivity contribution is -0.0870. The second kappa shape index (κ2) is 4.73. The van der Waals surface area contributed by atoms with Crippen LogP contribution in [0, 0.1) is 5.82 Å². The van der Waals surface area contributed by atoms with Crippen molar-refractivity contribution in [3.05, 3.63) is 35.6 Å². The Bertz CT molecular complexity index is 320. The average Bonchev–Trinajstić information content (AvgIpc) is 2.14. The van der Waals surface area contributed by atoms with Gasteiger partial charge in [0.25, 0.3) is 0 Å². The highest BCUT2D eigenvalue weighted by Crippen LogP contribution is 2.17. The van der Waals surface area contributed by atoms with Gasteiger partial charge in [0.05, 0.1) is 11.6 Å². The van der Waals surface area contributed by atoms with Crippen LogP contribution in [0.2, 0.25) is 0 Å². The zero-order valence-electron chi connectivity index (χ0n) is 9.67. The van der Waals surface area contributed by atoms with Crippen LogP contribution >= 0.6 is 0 Å². The summed E-state index contributed by atoms with van der Waals surface area (Å²) in [6, 6.07) is 6.53. The van der Waals surface area contributed by atoms with E-state index >= 15 is 0 Å². The summed E-state index contributed by atoms with van der Waals surface area (Å²) in [6.07, 6.45) is 0. The molecule has 1 atom stereocenters. The molecule has 15 heavy (non-hydrogen) atoms. The molecule has 1 N–H and O–H groups in total. The first-order valence-corrected chi connectivity index (χ1v) is 5.08. The molecule has 0 amide bonds. The largest absolute Gasteiger partial charge is 0.296 e. The van der Waals surface area contributed by atoms with Crippen molar-refractivity contribution in [2.75, 3.05) is 0 Å². The predicted octanol–water partition coefficient (Wildman–Crippen LogP) is 3.21. The fourth-order valence-corrected chi connectivity index (χ4v) is 1.15. The third kappa shape index (κ3) is 3.98. The van der Waals surface area contributed by atoms with E-state index in [1.807, 2.05) is 33.8 Å². The van der Waals surface area contributed by atoms with E-state index in [-0.39, 0.29) is 17.5 Å². The molecule has 0 aliphatic rings. The van der Waals surface area contributed by atoms with Crippen molar-refractivity contribution in [2.45, 2.75) is 39.3 Å². The van der Waals surface area contributed by atoms with Gasteiger partial charge in [-0.3, -0.25) is 4.84 Å². The van der Waals surface area contributed by atoms with Crippen molar-refractivity contribution in [3.8, 4) is 0 Å². The van der Waals surface area contributed by atoms with Gasteiger partial charge in [-0.1, -0.05) is 18.2 Å². The number of rotatable bonds is 3. The van der Waals surface area contributed by atoms with Crippen LogP contribution in [-0.4, -0.2) is 5.60 Å². The second-order valence-electron chi connectivity index (χ2n) is 4.58. The van der Waals surface area contributed by atoms with Crippen LogP contribution in [0.25, 0.3) is 0 Å². The Labute approximate surface area is 90.4 Å². The van der Waals surface area contributed by atoms with Gasteiger partial charge in [-0.05, 0) is 33.8 Å². The smallest absolute Gasteiger partial charge is 0.128 e. The summed E-state index contributed by atoms with van der Waals surface area (Å²) in [5, 5.41) is 0. The van der Waals surface area contributed by atoms with Crippen molar-refractivity contribution >= 4 is 0 Å². The molecule has 0 aromatic heterocycles. The van der Waals surface area contributed by atoms with Gasteiger partial charge in [-0.25, -0.2) is 4.39 Å². The van der Waals surface area contributed by atoms with Crippen molar-refractivity contribution in [1.82, 2.24) is 5.48 Å². The van der Waals surface area contributed by atoms with Crippen molar-refractivity contribution in [3.63, 3.8) is 0 Å². The van der Waals surface area contributed by atoms with Crippen LogP contribution in [0.3, 0.4) is 0 Å². The number of hydrogen-bond acceptors (Lipinski definition) is 2. The van der Waals surface area contributed by atoms with Gasteiger partial charge in [-0.2, -0.15) is 5.48 Å². The Kier molecular flexibility index (Phi) is 3.83. The minimum atomic E-state index is -0.278. The number of halogens is 1. The third-order valence-electron chi connectivity index (χ3n) is 1.91. The molecule has 1 unspecified atom stereocenters. The Morgan fingerprint density at radius 2 is 1.87 bits per heavy atom. The lowest BCUT2D eigenvalue weighted by Crippen LogP contribution is -2.31. The zero-order chi connectivity index (χ0) is 11.5. The SMILES string of the molecule is CC(NOC(C)(C)C)c1ccccc1F. The van der Waals surface area contributed by atoms with E-state index in [9.17, 15) is 4.39 Å². The highest BCUT2D eigenvalue weighted by molar-refractivity contribution is 5.20. The highest BCUT2D eigenvalue weighted by atomic mass is 19.1. The molecule has 0 aliphatic heterocycles. The van der Waals surface area contributed by atoms with Crippen molar-refractivity contribution < 1.29 is 9.23 Å². The fraction of sp³-hybridized carbons (Fsp3) is 0.500. The van der Waals surface area contributed by atoms with Crippen molar-refractivity contribution in [2.24, 2.45) is 0 Å². The molecule has 1 aromatic rings. The molecule has 0 radical (unpaired) electrons. The first-order valence-electron chi connectivity index (χ1n) is 5.08. The molecule has 1 aromatic carbocycles. The van der Waals surface area contributed by atoms with E-state index < -0.39 is 0 Å². The van der Waals surface area contributed by atoms with Crippen LogP contribution in [-0.2, 0) is 4.84 Å². The van der Waals surface area contributed by atoms with Crippen LogP contribution in [0.5, 0.6) is 0 Å². The predicted molar refractivity (Wildman–Crippen MR) is 58.8 cm³/mol. The summed E-state index contributed by atoms with van der Waals surface area (Å²) in [5.74, 6) is -0.213. The molecular formula is C12H18FNO. The lowest BCUT2D eigenvalue weighted by atomic mass is 10.1. The summed E-state index contributed by atoms with van der Waals surface area (Å²) in [5.41, 5.74) is 3.17. The number of hydroxylamine groups is 1. The minimum Gasteiger partial charge on any atom is -0.296 e. The van der Waals surface area contributed by atoms with E-state index in [1.54, 1.807) is 12.1 Å². The average molecular weight is 211 g/mol. The van der Waals surface area contributed by atoms with Gasteiger partial charge in [-0.15, -0.1) is 0 Å². The molecule has 0 saturated heterocycles. The molecule has 1 rings (SSSR count). The standard InChI is InChI=1S/C12H18FNO/c1-9(14-15-12(2,3)4)10-7-5-6-8-11(10)13/h5-9,14H,1-4H3. The van der Waals surface area contributed by atoms with Gasteiger partial charge in [0.1, 0.15) is 5.82 Å². The quantitative estimate of drug-likeness (QED) is 0.775. The molecule has 84 valence electrons. The Balaban J connectivity index is 2.62. The molecule has 0 spiro atoms. The molecule has 0 fully saturated rings. The number of nitrogens with one attached hydrogen (secondary N) is 1. The van der Waals surface area contributed by atoms with E-state index in [4.69, 9.17) is 4.84 Å². The number of hydrogen-bond donors (Lipinski definition) is 1. The van der Waals surface area contributed by atoms with Gasteiger partial charge in [0.15, 0.2) is 0 Å². The van der Waals surface area contributed by atoms with Gasteiger partial charge >= 0.3 is 0 Å². The first-order chi connectivity index (χ1) is 6.90. The fourth-order valence-electron chi connectivity index (χ4n) is 1.15. The van der Waals surface area contributed by atoms with E-state index in [1.165, 1.54) is 6.07 Å². The molecule has 2 nitrogen and oxygen atoms in total. The zero-order valence-corrected chi connectivity index (χ0v) is 9.67. The maximum Gasteiger partial charge on any atom is 0.128 e. The molecule has 0 saturated carbocycles.